The van der Waals surface area contributed by atoms with Gasteiger partial charge in [-0.1, -0.05) is 6.08 Å². The maximum Gasteiger partial charge on any atom is 0.325 e. The quantitative estimate of drug-likeness (QED) is 0.768. The molecule has 1 heterocycles. The van der Waals surface area contributed by atoms with Crippen LogP contribution in [0.15, 0.2) is 30.0 Å². The number of urea groups is 1. The number of nitrogens with zero attached hydrogens (tertiary/aromatic N) is 2. The molecule has 4 amide bonds. The lowest BCUT2D eigenvalue weighted by atomic mass is 9.91. The number of hydrogen-bond donors (Lipinski definition) is 1. The van der Waals surface area contributed by atoms with E-state index in [9.17, 15) is 23.2 Å². The number of allylic oxidation sites excluding steroid dienone is 2. The smallest absolute Gasteiger partial charge is 0.319 e. The maximum atomic E-state index is 14.3. The fourth-order valence-electron chi connectivity index (χ4n) is 4.09. The molecule has 8 heteroatoms. The highest BCUT2D eigenvalue weighted by Gasteiger charge is 2.51. The van der Waals surface area contributed by atoms with E-state index in [1.165, 1.54) is 6.92 Å². The Morgan fingerprint density at radius 1 is 1.28 bits per heavy atom. The Morgan fingerprint density at radius 2 is 2.03 bits per heavy atom. The lowest BCUT2D eigenvalue weighted by Gasteiger charge is -2.29. The minimum absolute atomic E-state index is 0.111. The molecule has 2 aliphatic carbocycles. The third kappa shape index (κ3) is 3.52. The van der Waals surface area contributed by atoms with Crippen molar-refractivity contribution in [3.05, 3.63) is 47.2 Å². The van der Waals surface area contributed by atoms with Gasteiger partial charge in [-0.25, -0.2) is 13.6 Å². The fourth-order valence-corrected chi connectivity index (χ4v) is 4.09. The van der Waals surface area contributed by atoms with Crippen molar-refractivity contribution in [2.45, 2.75) is 57.0 Å². The number of amides is 4. The molecule has 0 spiro atoms. The highest BCUT2D eigenvalue weighted by atomic mass is 19.1. The Bertz CT molecular complexity index is 912. The summed E-state index contributed by atoms with van der Waals surface area (Å²) in [5.74, 6) is -2.62. The van der Waals surface area contributed by atoms with Crippen LogP contribution in [0.5, 0.6) is 0 Å². The summed E-state index contributed by atoms with van der Waals surface area (Å²) in [6, 6.07) is 2.06. The zero-order valence-corrected chi connectivity index (χ0v) is 16.2. The van der Waals surface area contributed by atoms with Crippen molar-refractivity contribution < 1.29 is 23.2 Å². The van der Waals surface area contributed by atoms with Gasteiger partial charge in [0.15, 0.2) is 0 Å². The number of carbonyl (C=O) groups is 3. The molecule has 154 valence electrons. The zero-order valence-electron chi connectivity index (χ0n) is 16.2. The number of benzene rings is 1. The van der Waals surface area contributed by atoms with Crippen LogP contribution in [-0.4, -0.2) is 40.2 Å². The predicted octanol–water partition coefficient (Wildman–Crippen LogP) is 3.18. The molecule has 4 rings (SSSR count). The summed E-state index contributed by atoms with van der Waals surface area (Å²) in [7, 11) is 0. The molecule has 6 nitrogen and oxygen atoms in total. The maximum absolute atomic E-state index is 14.3. The van der Waals surface area contributed by atoms with Crippen LogP contribution in [0.4, 0.5) is 13.6 Å². The standard InChI is InChI=1S/C21H23F2N3O3/c1-21(16-11-13(22)7-10-17(16)23)19(28)25(20(29)24-21)12-18(27)26(15-8-9-15)14-5-3-2-4-6-14/h5,7,10-11,15H,2-4,6,8-9,12H2,1H3,(H,24,29). The van der Waals surface area contributed by atoms with Crippen molar-refractivity contribution in [3.63, 3.8) is 0 Å². The number of imide groups is 1. The molecule has 29 heavy (non-hydrogen) atoms. The molecule has 0 aromatic heterocycles. The molecular weight excluding hydrogens is 380 g/mol. The Balaban J connectivity index is 1.57. The molecule has 1 atom stereocenters. The first-order valence-corrected chi connectivity index (χ1v) is 9.92. The van der Waals surface area contributed by atoms with Gasteiger partial charge in [-0.05, 0) is 63.6 Å². The van der Waals surface area contributed by atoms with Gasteiger partial charge in [-0.15, -0.1) is 0 Å². The van der Waals surface area contributed by atoms with E-state index in [0.29, 0.717) is 0 Å². The van der Waals surface area contributed by atoms with Crippen LogP contribution in [0.25, 0.3) is 0 Å². The molecule has 1 N–H and O–H groups in total. The van der Waals surface area contributed by atoms with Crippen LogP contribution in [-0.2, 0) is 15.1 Å². The van der Waals surface area contributed by atoms with Gasteiger partial charge in [0.05, 0.1) is 0 Å². The first-order valence-electron chi connectivity index (χ1n) is 9.92. The van der Waals surface area contributed by atoms with Crippen LogP contribution in [0.3, 0.4) is 0 Å². The van der Waals surface area contributed by atoms with Crippen molar-refractivity contribution in [2.24, 2.45) is 0 Å². The average Bonchev–Trinajstić information content (AvgIpc) is 3.49. The second kappa shape index (κ2) is 7.24. The summed E-state index contributed by atoms with van der Waals surface area (Å²) in [4.78, 5) is 41.0. The van der Waals surface area contributed by atoms with Crippen molar-refractivity contribution in [2.75, 3.05) is 6.54 Å². The SMILES string of the molecule is CC1(c2cc(F)ccc2F)NC(=O)N(CC(=O)N(C2=CCCCC2)C2CC2)C1=O. The van der Waals surface area contributed by atoms with Gasteiger partial charge in [0.1, 0.15) is 23.7 Å². The molecule has 3 aliphatic rings. The zero-order chi connectivity index (χ0) is 20.8. The number of nitrogens with one attached hydrogen (secondary N) is 1. The molecule has 0 bridgehead atoms. The third-order valence-corrected chi connectivity index (χ3v) is 5.79. The van der Waals surface area contributed by atoms with E-state index in [0.717, 1.165) is 67.3 Å². The molecule has 1 saturated heterocycles. The van der Waals surface area contributed by atoms with Gasteiger partial charge in [-0.3, -0.25) is 14.5 Å². The monoisotopic (exact) mass is 403 g/mol. The first kappa shape index (κ1) is 19.5. The van der Waals surface area contributed by atoms with Crippen molar-refractivity contribution in [1.29, 1.82) is 0 Å². The van der Waals surface area contributed by atoms with Crippen LogP contribution in [0.1, 0.15) is 51.0 Å². The van der Waals surface area contributed by atoms with Crippen LogP contribution in [0.2, 0.25) is 0 Å². The van der Waals surface area contributed by atoms with Crippen LogP contribution >= 0.6 is 0 Å². The molecule has 1 unspecified atom stereocenters. The second-order valence-corrected chi connectivity index (χ2v) is 8.01. The fraction of sp³-hybridized carbons (Fsp3) is 0.476. The summed E-state index contributed by atoms with van der Waals surface area (Å²) in [6.45, 7) is 0.892. The van der Waals surface area contributed by atoms with Crippen molar-refractivity contribution in [1.82, 2.24) is 15.1 Å². The van der Waals surface area contributed by atoms with Crippen LogP contribution in [0, 0.1) is 11.6 Å². The third-order valence-electron chi connectivity index (χ3n) is 5.79. The van der Waals surface area contributed by atoms with E-state index in [-0.39, 0.29) is 17.5 Å². The minimum Gasteiger partial charge on any atom is -0.319 e. The first-order chi connectivity index (χ1) is 13.8. The van der Waals surface area contributed by atoms with Crippen molar-refractivity contribution >= 4 is 17.8 Å². The number of halogens is 2. The Kier molecular flexibility index (Phi) is 4.88. The molecule has 2 fully saturated rings. The summed E-state index contributed by atoms with van der Waals surface area (Å²) < 4.78 is 27.9. The molecule has 1 aromatic rings. The van der Waals surface area contributed by atoms with E-state index < -0.39 is 35.7 Å². The van der Waals surface area contributed by atoms with Gasteiger partial charge >= 0.3 is 6.03 Å². The highest BCUT2D eigenvalue weighted by Crippen LogP contribution is 2.35. The average molecular weight is 403 g/mol. The van der Waals surface area contributed by atoms with E-state index >= 15 is 0 Å². The topological polar surface area (TPSA) is 69.7 Å². The van der Waals surface area contributed by atoms with E-state index in [1.54, 1.807) is 4.90 Å². The van der Waals surface area contributed by atoms with Gasteiger partial charge in [0, 0.05) is 17.3 Å². The summed E-state index contributed by atoms with van der Waals surface area (Å²) >= 11 is 0. The summed E-state index contributed by atoms with van der Waals surface area (Å²) in [5.41, 5.74) is -1.08. The lowest BCUT2D eigenvalue weighted by Crippen LogP contribution is -2.45. The molecule has 1 aromatic carbocycles. The molecule has 0 radical (unpaired) electrons. The molecule has 1 saturated carbocycles. The van der Waals surface area contributed by atoms with E-state index in [4.69, 9.17) is 0 Å². The number of carbonyl (C=O) groups excluding carboxylic acids is 3. The Morgan fingerprint density at radius 3 is 2.69 bits per heavy atom. The van der Waals surface area contributed by atoms with Gasteiger partial charge in [0.2, 0.25) is 5.91 Å². The normalized spacial score (nSPS) is 24.4. The largest absolute Gasteiger partial charge is 0.325 e. The Hall–Kier alpha value is -2.77. The van der Waals surface area contributed by atoms with E-state index in [2.05, 4.69) is 11.4 Å². The number of hydrogen-bond acceptors (Lipinski definition) is 3. The van der Waals surface area contributed by atoms with Gasteiger partial charge in [0.25, 0.3) is 5.91 Å². The Labute approximate surface area is 167 Å². The molecule has 1 aliphatic heterocycles. The number of rotatable bonds is 5. The van der Waals surface area contributed by atoms with Crippen molar-refractivity contribution in [3.8, 4) is 0 Å². The predicted molar refractivity (Wildman–Crippen MR) is 100 cm³/mol. The second-order valence-electron chi connectivity index (χ2n) is 8.01. The molecular formula is C21H23F2N3O3. The van der Waals surface area contributed by atoms with Crippen LogP contribution < -0.4 is 5.32 Å². The summed E-state index contributed by atoms with van der Waals surface area (Å²) in [6.07, 6.45) is 7.65. The van der Waals surface area contributed by atoms with E-state index in [1.807, 2.05) is 0 Å². The van der Waals surface area contributed by atoms with Gasteiger partial charge in [-0.2, -0.15) is 0 Å². The highest BCUT2D eigenvalue weighted by molar-refractivity contribution is 6.09. The minimum atomic E-state index is -1.77. The van der Waals surface area contributed by atoms with Gasteiger partial charge < -0.3 is 10.2 Å². The lowest BCUT2D eigenvalue weighted by molar-refractivity contribution is -0.138. The summed E-state index contributed by atoms with van der Waals surface area (Å²) in [5, 5.41) is 2.43.